The van der Waals surface area contributed by atoms with Crippen LogP contribution in [0.5, 0.6) is 0 Å². The molecule has 0 spiro atoms. The van der Waals surface area contributed by atoms with E-state index in [0.717, 1.165) is 12.8 Å². The third kappa shape index (κ3) is 3.30. The second-order valence-electron chi connectivity index (χ2n) is 4.24. The largest absolute Gasteiger partial charge is 0.550 e. The van der Waals surface area contributed by atoms with Crippen molar-refractivity contribution in [1.82, 2.24) is 0 Å². The normalized spacial score (nSPS) is 18.6. The molecule has 1 aliphatic rings. The highest BCUT2D eigenvalue weighted by atomic mass is 16.5. The third-order valence-electron chi connectivity index (χ3n) is 2.79. The second kappa shape index (κ2) is 5.64. The van der Waals surface area contributed by atoms with E-state index in [1.807, 2.05) is 0 Å². The first-order valence-corrected chi connectivity index (χ1v) is 5.86. The van der Waals surface area contributed by atoms with Gasteiger partial charge in [-0.3, -0.25) is 4.79 Å². The van der Waals surface area contributed by atoms with Crippen molar-refractivity contribution in [3.8, 4) is 0 Å². The minimum absolute atomic E-state index is 0.125. The molecule has 96 valence electrons. The Labute approximate surface area is 105 Å². The third-order valence-corrected chi connectivity index (χ3v) is 2.79. The number of benzene rings is 1. The molecule has 1 N–H and O–H groups in total. The van der Waals surface area contributed by atoms with Gasteiger partial charge < -0.3 is 20.0 Å². The number of hydrogen-bond donors (Lipinski definition) is 1. The van der Waals surface area contributed by atoms with Crippen LogP contribution in [0, 0.1) is 0 Å². The number of aliphatic carboxylic acids is 1. The molecule has 1 amide bonds. The van der Waals surface area contributed by atoms with Gasteiger partial charge in [0.05, 0.1) is 0 Å². The summed E-state index contributed by atoms with van der Waals surface area (Å²) in [5.74, 6) is -1.27. The minimum Gasteiger partial charge on any atom is -0.550 e. The summed E-state index contributed by atoms with van der Waals surface area (Å²) in [5.41, 5.74) is 1.28. The van der Waals surface area contributed by atoms with Crippen molar-refractivity contribution in [2.75, 3.05) is 11.9 Å². The van der Waals surface area contributed by atoms with E-state index >= 15 is 0 Å². The van der Waals surface area contributed by atoms with E-state index in [2.05, 4.69) is 5.32 Å². The lowest BCUT2D eigenvalue weighted by molar-refractivity contribution is -0.304. The number of nitrogens with one attached hydrogen (secondary N) is 1. The highest BCUT2D eigenvalue weighted by molar-refractivity contribution is 5.94. The van der Waals surface area contributed by atoms with Gasteiger partial charge in [0.25, 0.3) is 5.91 Å². The van der Waals surface area contributed by atoms with Crippen LogP contribution in [0.25, 0.3) is 0 Å². The molecule has 1 saturated heterocycles. The molecule has 0 radical (unpaired) electrons. The van der Waals surface area contributed by atoms with Gasteiger partial charge in [-0.25, -0.2) is 0 Å². The Morgan fingerprint density at radius 1 is 1.33 bits per heavy atom. The summed E-state index contributed by atoms with van der Waals surface area (Å²) in [6, 6.07) is 6.65. The van der Waals surface area contributed by atoms with Gasteiger partial charge in [0.15, 0.2) is 0 Å². The number of hydrogen-bond acceptors (Lipinski definition) is 4. The van der Waals surface area contributed by atoms with Gasteiger partial charge in [0.1, 0.15) is 6.10 Å². The molecule has 5 heteroatoms. The highest BCUT2D eigenvalue weighted by Crippen LogP contribution is 2.15. The first kappa shape index (κ1) is 12.6. The van der Waals surface area contributed by atoms with E-state index in [9.17, 15) is 14.7 Å². The summed E-state index contributed by atoms with van der Waals surface area (Å²) in [6.07, 6.45) is 1.16. The number of anilines is 1. The van der Waals surface area contributed by atoms with Crippen molar-refractivity contribution in [1.29, 1.82) is 0 Å². The zero-order chi connectivity index (χ0) is 13.0. The summed E-state index contributed by atoms with van der Waals surface area (Å²) in [5, 5.41) is 13.1. The molecule has 5 nitrogen and oxygen atoms in total. The molecule has 0 unspecified atom stereocenters. The van der Waals surface area contributed by atoms with Gasteiger partial charge in [0, 0.05) is 24.7 Å². The summed E-state index contributed by atoms with van der Waals surface area (Å²) < 4.78 is 5.27. The topological polar surface area (TPSA) is 78.5 Å². The number of ether oxygens (including phenoxy) is 1. The van der Waals surface area contributed by atoms with E-state index < -0.39 is 5.97 Å². The average Bonchev–Trinajstić information content (AvgIpc) is 2.84. The molecule has 1 aromatic rings. The predicted molar refractivity (Wildman–Crippen MR) is 62.8 cm³/mol. The quantitative estimate of drug-likeness (QED) is 0.819. The standard InChI is InChI=1S/C13H15NO4/c15-12(16)8-9-3-5-10(6-4-9)14-13(17)11-2-1-7-18-11/h3-6,11H,1-2,7-8H2,(H,14,17)(H,15,16)/p-1/t11-/m1/s1. The lowest BCUT2D eigenvalue weighted by atomic mass is 10.1. The van der Waals surface area contributed by atoms with Gasteiger partial charge in [-0.1, -0.05) is 12.1 Å². The number of carboxylic acids is 1. The minimum atomic E-state index is -1.12. The predicted octanol–water partition coefficient (Wildman–Crippen LogP) is 0.0965. The van der Waals surface area contributed by atoms with E-state index in [4.69, 9.17) is 4.74 Å². The maximum atomic E-state index is 11.7. The molecule has 1 aliphatic heterocycles. The Kier molecular flexibility index (Phi) is 3.94. The van der Waals surface area contributed by atoms with Gasteiger partial charge in [-0.15, -0.1) is 0 Å². The fourth-order valence-corrected chi connectivity index (χ4v) is 1.88. The van der Waals surface area contributed by atoms with Crippen molar-refractivity contribution in [2.24, 2.45) is 0 Å². The molecule has 0 bridgehead atoms. The van der Waals surface area contributed by atoms with E-state index in [0.29, 0.717) is 17.9 Å². The molecule has 1 atom stereocenters. The van der Waals surface area contributed by atoms with Gasteiger partial charge in [0.2, 0.25) is 0 Å². The second-order valence-corrected chi connectivity index (χ2v) is 4.24. The fraction of sp³-hybridized carbons (Fsp3) is 0.385. The molecule has 0 aromatic heterocycles. The Balaban J connectivity index is 1.93. The molecular formula is C13H14NO4-. The Morgan fingerprint density at radius 2 is 2.06 bits per heavy atom. The SMILES string of the molecule is O=C([O-])Cc1ccc(NC(=O)[C@H]2CCCO2)cc1. The van der Waals surface area contributed by atoms with Crippen LogP contribution in [-0.2, 0) is 20.7 Å². The molecule has 0 aliphatic carbocycles. The van der Waals surface area contributed by atoms with E-state index in [-0.39, 0.29) is 18.4 Å². The van der Waals surface area contributed by atoms with Crippen LogP contribution >= 0.6 is 0 Å². The van der Waals surface area contributed by atoms with Crippen LogP contribution in [0.1, 0.15) is 18.4 Å². The van der Waals surface area contributed by atoms with Crippen LogP contribution in [0.4, 0.5) is 5.69 Å². The molecule has 2 rings (SSSR count). The highest BCUT2D eigenvalue weighted by Gasteiger charge is 2.23. The van der Waals surface area contributed by atoms with Crippen molar-refractivity contribution in [2.45, 2.75) is 25.4 Å². The summed E-state index contributed by atoms with van der Waals surface area (Å²) in [4.78, 5) is 22.1. The fourth-order valence-electron chi connectivity index (χ4n) is 1.88. The molecule has 1 heterocycles. The maximum Gasteiger partial charge on any atom is 0.253 e. The Bertz CT molecular complexity index is 435. The lowest BCUT2D eigenvalue weighted by Gasteiger charge is -2.11. The Morgan fingerprint density at radius 3 is 2.61 bits per heavy atom. The zero-order valence-corrected chi connectivity index (χ0v) is 9.85. The van der Waals surface area contributed by atoms with Crippen LogP contribution in [-0.4, -0.2) is 24.6 Å². The van der Waals surface area contributed by atoms with E-state index in [1.54, 1.807) is 24.3 Å². The molecular weight excluding hydrogens is 234 g/mol. The summed E-state index contributed by atoms with van der Waals surface area (Å²) in [7, 11) is 0. The smallest absolute Gasteiger partial charge is 0.253 e. The molecule has 1 aromatic carbocycles. The zero-order valence-electron chi connectivity index (χ0n) is 9.85. The van der Waals surface area contributed by atoms with Crippen molar-refractivity contribution >= 4 is 17.6 Å². The summed E-state index contributed by atoms with van der Waals surface area (Å²) >= 11 is 0. The van der Waals surface area contributed by atoms with Crippen molar-refractivity contribution in [3.05, 3.63) is 29.8 Å². The average molecular weight is 248 g/mol. The number of amides is 1. The molecule has 18 heavy (non-hydrogen) atoms. The van der Waals surface area contributed by atoms with Crippen molar-refractivity contribution in [3.63, 3.8) is 0 Å². The number of carbonyl (C=O) groups is 2. The van der Waals surface area contributed by atoms with Crippen LogP contribution in [0.2, 0.25) is 0 Å². The first-order valence-electron chi connectivity index (χ1n) is 5.86. The number of carbonyl (C=O) groups excluding carboxylic acids is 2. The van der Waals surface area contributed by atoms with Gasteiger partial charge in [-0.05, 0) is 30.5 Å². The number of rotatable bonds is 4. The molecule has 0 saturated carbocycles. The monoisotopic (exact) mass is 248 g/mol. The van der Waals surface area contributed by atoms with Gasteiger partial charge >= 0.3 is 0 Å². The Hall–Kier alpha value is -1.88. The van der Waals surface area contributed by atoms with Crippen LogP contribution in [0.15, 0.2) is 24.3 Å². The summed E-state index contributed by atoms with van der Waals surface area (Å²) in [6.45, 7) is 0.628. The van der Waals surface area contributed by atoms with Crippen LogP contribution in [0.3, 0.4) is 0 Å². The lowest BCUT2D eigenvalue weighted by Crippen LogP contribution is -2.27. The first-order chi connectivity index (χ1) is 8.65. The van der Waals surface area contributed by atoms with E-state index in [1.165, 1.54) is 0 Å². The number of carboxylic acid groups (broad SMARTS) is 1. The molecule has 1 fully saturated rings. The maximum absolute atomic E-state index is 11.7. The van der Waals surface area contributed by atoms with Crippen LogP contribution < -0.4 is 10.4 Å². The van der Waals surface area contributed by atoms with Gasteiger partial charge in [-0.2, -0.15) is 0 Å². The van der Waals surface area contributed by atoms with Crippen molar-refractivity contribution < 1.29 is 19.4 Å².